The molecule has 0 atom stereocenters. The number of ketones is 1. The average molecular weight is 437 g/mol. The quantitative estimate of drug-likeness (QED) is 0.293. The molecule has 0 radical (unpaired) electrons. The molecule has 3 aromatic rings. The smallest absolute Gasteiger partial charge is 0.240 e. The highest BCUT2D eigenvalue weighted by molar-refractivity contribution is 7.13. The predicted octanol–water partition coefficient (Wildman–Crippen LogP) is 4.94. The van der Waals surface area contributed by atoms with Crippen molar-refractivity contribution in [2.75, 3.05) is 14.2 Å². The van der Waals surface area contributed by atoms with E-state index in [1.165, 1.54) is 14.2 Å². The molecule has 0 aliphatic carbocycles. The van der Waals surface area contributed by atoms with Crippen LogP contribution < -0.4 is 14.9 Å². The number of carbonyl (C=O) groups is 2. The van der Waals surface area contributed by atoms with Gasteiger partial charge in [-0.25, -0.2) is 5.43 Å². The van der Waals surface area contributed by atoms with E-state index in [1.54, 1.807) is 29.5 Å². The number of hydrogen-bond acceptors (Lipinski definition) is 6. The number of amides is 1. The zero-order valence-electron chi connectivity index (χ0n) is 17.7. The van der Waals surface area contributed by atoms with E-state index < -0.39 is 0 Å². The van der Waals surface area contributed by atoms with Gasteiger partial charge in [0.1, 0.15) is 0 Å². The average Bonchev–Trinajstić information content (AvgIpc) is 3.31. The Morgan fingerprint density at radius 3 is 2.39 bits per heavy atom. The molecule has 0 aliphatic heterocycles. The van der Waals surface area contributed by atoms with Gasteiger partial charge in [0.25, 0.3) is 0 Å². The van der Waals surface area contributed by atoms with E-state index in [9.17, 15) is 9.59 Å². The summed E-state index contributed by atoms with van der Waals surface area (Å²) in [7, 11) is 3.04. The lowest BCUT2D eigenvalue weighted by Crippen LogP contribution is -2.20. The minimum absolute atomic E-state index is 0.0445. The van der Waals surface area contributed by atoms with Crippen LogP contribution in [0, 0.1) is 0 Å². The molecule has 6 nitrogen and oxygen atoms in total. The van der Waals surface area contributed by atoms with Crippen molar-refractivity contribution in [3.05, 3.63) is 71.1 Å². The fourth-order valence-corrected chi connectivity index (χ4v) is 3.89. The van der Waals surface area contributed by atoms with Crippen molar-refractivity contribution < 1.29 is 19.1 Å². The molecular weight excluding hydrogens is 412 g/mol. The summed E-state index contributed by atoms with van der Waals surface area (Å²) in [6, 6.07) is 17.1. The van der Waals surface area contributed by atoms with Crippen LogP contribution in [0.25, 0.3) is 10.4 Å². The molecule has 0 saturated heterocycles. The second kappa shape index (κ2) is 10.5. The summed E-state index contributed by atoms with van der Waals surface area (Å²) in [4.78, 5) is 25.7. The van der Waals surface area contributed by atoms with Crippen molar-refractivity contribution in [1.29, 1.82) is 0 Å². The fraction of sp³-hybridized carbons (Fsp3) is 0.208. The first-order valence-corrected chi connectivity index (χ1v) is 10.6. The predicted molar refractivity (Wildman–Crippen MR) is 123 cm³/mol. The molecule has 31 heavy (non-hydrogen) atoms. The van der Waals surface area contributed by atoms with Gasteiger partial charge in [0.15, 0.2) is 17.3 Å². The maximum absolute atomic E-state index is 12.4. The number of methoxy groups -OCH3 is 2. The van der Waals surface area contributed by atoms with E-state index in [-0.39, 0.29) is 24.5 Å². The van der Waals surface area contributed by atoms with Crippen LogP contribution in [0.2, 0.25) is 0 Å². The van der Waals surface area contributed by atoms with E-state index in [2.05, 4.69) is 22.7 Å². The molecule has 160 valence electrons. The van der Waals surface area contributed by atoms with Crippen molar-refractivity contribution in [2.24, 2.45) is 5.10 Å². The molecule has 0 bridgehead atoms. The van der Waals surface area contributed by atoms with Gasteiger partial charge in [0, 0.05) is 34.2 Å². The van der Waals surface area contributed by atoms with Gasteiger partial charge in [-0.15, -0.1) is 11.3 Å². The van der Waals surface area contributed by atoms with E-state index >= 15 is 0 Å². The Bertz CT molecular complexity index is 1090. The molecule has 1 heterocycles. The number of hydrogen-bond donors (Lipinski definition) is 1. The van der Waals surface area contributed by atoms with Gasteiger partial charge in [0.2, 0.25) is 5.91 Å². The summed E-state index contributed by atoms with van der Waals surface area (Å²) >= 11 is 1.63. The number of nitrogens with one attached hydrogen (secondary N) is 1. The third kappa shape index (κ3) is 5.79. The molecule has 0 aliphatic rings. The highest BCUT2D eigenvalue weighted by Gasteiger charge is 2.13. The van der Waals surface area contributed by atoms with Gasteiger partial charge < -0.3 is 9.47 Å². The van der Waals surface area contributed by atoms with Crippen LogP contribution in [0.1, 0.15) is 35.7 Å². The van der Waals surface area contributed by atoms with Crippen molar-refractivity contribution in [1.82, 2.24) is 5.43 Å². The van der Waals surface area contributed by atoms with Crippen LogP contribution in [0.5, 0.6) is 11.5 Å². The highest BCUT2D eigenvalue weighted by Crippen LogP contribution is 2.28. The third-order valence-electron chi connectivity index (χ3n) is 4.71. The lowest BCUT2D eigenvalue weighted by molar-refractivity contribution is -0.121. The number of nitrogens with zero attached hydrogens (tertiary/aromatic N) is 1. The Hall–Kier alpha value is -3.45. The molecule has 1 amide bonds. The Labute approximate surface area is 185 Å². The Balaban J connectivity index is 1.54. The molecule has 0 spiro atoms. The number of Topliss-reactive ketones (excluding diaryl/α,β-unsaturated/α-hetero) is 1. The first kappa shape index (κ1) is 22.2. The molecule has 0 saturated carbocycles. The zero-order valence-corrected chi connectivity index (χ0v) is 18.5. The van der Waals surface area contributed by atoms with Crippen molar-refractivity contribution >= 4 is 28.7 Å². The second-order valence-corrected chi connectivity index (χ2v) is 7.70. The van der Waals surface area contributed by atoms with Gasteiger partial charge in [-0.1, -0.05) is 30.3 Å². The lowest BCUT2D eigenvalue weighted by Gasteiger charge is -2.09. The number of carbonyl (C=O) groups excluding carboxylic acids is 2. The maximum atomic E-state index is 12.4. The van der Waals surface area contributed by atoms with E-state index in [4.69, 9.17) is 9.47 Å². The molecule has 2 aromatic carbocycles. The van der Waals surface area contributed by atoms with Gasteiger partial charge >= 0.3 is 0 Å². The van der Waals surface area contributed by atoms with Crippen LogP contribution in [0.3, 0.4) is 0 Å². The van der Waals surface area contributed by atoms with Crippen molar-refractivity contribution in [2.45, 2.75) is 19.8 Å². The minimum atomic E-state index is -0.313. The Morgan fingerprint density at radius 2 is 1.68 bits per heavy atom. The van der Waals surface area contributed by atoms with Crippen LogP contribution in [0.4, 0.5) is 0 Å². The SMILES string of the molecule is COc1ccc(C(=O)CCC(=O)N/N=C(\C)c2csc(-c3ccccc3)c2)cc1OC. The van der Waals surface area contributed by atoms with E-state index in [1.807, 2.05) is 36.6 Å². The largest absolute Gasteiger partial charge is 0.493 e. The fourth-order valence-electron chi connectivity index (χ4n) is 2.93. The first-order chi connectivity index (χ1) is 15.0. The van der Waals surface area contributed by atoms with Crippen LogP contribution >= 0.6 is 11.3 Å². The summed E-state index contributed by atoms with van der Waals surface area (Å²) < 4.78 is 10.4. The molecule has 0 fully saturated rings. The van der Waals surface area contributed by atoms with Gasteiger partial charge in [-0.2, -0.15) is 5.10 Å². The summed E-state index contributed by atoms with van der Waals surface area (Å²) in [5, 5.41) is 6.19. The molecule has 3 rings (SSSR count). The summed E-state index contributed by atoms with van der Waals surface area (Å²) in [6.45, 7) is 1.84. The van der Waals surface area contributed by atoms with Crippen LogP contribution in [-0.4, -0.2) is 31.6 Å². The standard InChI is InChI=1S/C24H24N2O4S/c1-16(19-14-23(31-15-19)17-7-5-4-6-8-17)25-26-24(28)12-10-20(27)18-9-11-21(29-2)22(13-18)30-3/h4-9,11,13-15H,10,12H2,1-3H3,(H,26,28)/b25-16+. The lowest BCUT2D eigenvalue weighted by atomic mass is 10.1. The van der Waals surface area contributed by atoms with Gasteiger partial charge in [0.05, 0.1) is 19.9 Å². The summed E-state index contributed by atoms with van der Waals surface area (Å²) in [5.41, 5.74) is 5.80. The molecule has 1 N–H and O–H groups in total. The van der Waals surface area contributed by atoms with Crippen LogP contribution in [-0.2, 0) is 4.79 Å². The first-order valence-electron chi connectivity index (χ1n) is 9.74. The number of ether oxygens (including phenoxy) is 2. The zero-order chi connectivity index (χ0) is 22.2. The molecule has 0 unspecified atom stereocenters. The van der Waals surface area contributed by atoms with E-state index in [0.29, 0.717) is 22.8 Å². The minimum Gasteiger partial charge on any atom is -0.493 e. The number of rotatable bonds is 9. The molecular formula is C24H24N2O4S. The normalized spacial score (nSPS) is 11.1. The maximum Gasteiger partial charge on any atom is 0.240 e. The monoisotopic (exact) mass is 436 g/mol. The second-order valence-electron chi connectivity index (χ2n) is 6.79. The highest BCUT2D eigenvalue weighted by atomic mass is 32.1. The van der Waals surface area contributed by atoms with Crippen LogP contribution in [0.15, 0.2) is 65.1 Å². The Kier molecular flexibility index (Phi) is 7.56. The van der Waals surface area contributed by atoms with Crippen molar-refractivity contribution in [3.63, 3.8) is 0 Å². The Morgan fingerprint density at radius 1 is 0.935 bits per heavy atom. The summed E-state index contributed by atoms with van der Waals surface area (Å²) in [6.07, 6.45) is 0.120. The third-order valence-corrected chi connectivity index (χ3v) is 5.69. The number of hydrazone groups is 1. The van der Waals surface area contributed by atoms with Gasteiger partial charge in [-0.05, 0) is 36.8 Å². The van der Waals surface area contributed by atoms with E-state index in [0.717, 1.165) is 16.0 Å². The number of thiophene rings is 1. The number of benzene rings is 2. The van der Waals surface area contributed by atoms with Crippen molar-refractivity contribution in [3.8, 4) is 21.9 Å². The molecule has 7 heteroatoms. The summed E-state index contributed by atoms with van der Waals surface area (Å²) in [5.74, 6) is 0.558. The molecule has 1 aromatic heterocycles. The van der Waals surface area contributed by atoms with Gasteiger partial charge in [-0.3, -0.25) is 9.59 Å². The topological polar surface area (TPSA) is 77.0 Å².